The SMILES string of the molecule is COc1ccc(C(N)=S)c(N2CCC(C(F)(F)F)CC2)c1. The highest BCUT2D eigenvalue weighted by atomic mass is 32.1. The lowest BCUT2D eigenvalue weighted by atomic mass is 9.95. The molecular formula is C14H17F3N2OS. The molecule has 116 valence electrons. The van der Waals surface area contributed by atoms with Gasteiger partial charge in [-0.05, 0) is 25.0 Å². The van der Waals surface area contributed by atoms with Gasteiger partial charge < -0.3 is 15.4 Å². The molecule has 0 aromatic heterocycles. The van der Waals surface area contributed by atoms with Gasteiger partial charge in [-0.15, -0.1) is 0 Å². The van der Waals surface area contributed by atoms with Crippen molar-refractivity contribution in [1.82, 2.24) is 0 Å². The number of hydrogen-bond acceptors (Lipinski definition) is 3. The minimum Gasteiger partial charge on any atom is -0.497 e. The summed E-state index contributed by atoms with van der Waals surface area (Å²) in [5.74, 6) is -0.601. The molecule has 0 amide bonds. The summed E-state index contributed by atoms with van der Waals surface area (Å²) in [6.45, 7) is 0.653. The molecule has 2 rings (SSSR count). The molecule has 2 N–H and O–H groups in total. The van der Waals surface area contributed by atoms with Gasteiger partial charge in [0.2, 0.25) is 0 Å². The third-order valence-electron chi connectivity index (χ3n) is 3.77. The average molecular weight is 318 g/mol. The third-order valence-corrected chi connectivity index (χ3v) is 3.99. The number of nitrogens with two attached hydrogens (primary N) is 1. The van der Waals surface area contributed by atoms with Crippen LogP contribution in [0.3, 0.4) is 0 Å². The van der Waals surface area contributed by atoms with E-state index >= 15 is 0 Å². The predicted octanol–water partition coefficient (Wildman–Crippen LogP) is 3.11. The van der Waals surface area contributed by atoms with Crippen molar-refractivity contribution >= 4 is 22.9 Å². The number of rotatable bonds is 3. The van der Waals surface area contributed by atoms with E-state index in [9.17, 15) is 13.2 Å². The number of nitrogens with zero attached hydrogens (tertiary/aromatic N) is 1. The lowest BCUT2D eigenvalue weighted by Crippen LogP contribution is -2.39. The molecule has 0 saturated carbocycles. The van der Waals surface area contributed by atoms with Crippen molar-refractivity contribution < 1.29 is 17.9 Å². The quantitative estimate of drug-likeness (QED) is 0.869. The molecule has 1 saturated heterocycles. The third kappa shape index (κ3) is 3.58. The Morgan fingerprint density at radius 1 is 1.33 bits per heavy atom. The van der Waals surface area contributed by atoms with Crippen molar-refractivity contribution in [2.75, 3.05) is 25.1 Å². The van der Waals surface area contributed by atoms with Crippen molar-refractivity contribution in [1.29, 1.82) is 0 Å². The van der Waals surface area contributed by atoms with Gasteiger partial charge in [-0.25, -0.2) is 0 Å². The predicted molar refractivity (Wildman–Crippen MR) is 79.9 cm³/mol. The fourth-order valence-corrected chi connectivity index (χ4v) is 2.73. The van der Waals surface area contributed by atoms with Crippen molar-refractivity contribution in [3.63, 3.8) is 0 Å². The Hall–Kier alpha value is -1.50. The maximum absolute atomic E-state index is 12.7. The molecule has 1 fully saturated rings. The summed E-state index contributed by atoms with van der Waals surface area (Å²) in [6.07, 6.45) is -3.96. The molecule has 0 radical (unpaired) electrons. The van der Waals surface area contributed by atoms with E-state index in [4.69, 9.17) is 22.7 Å². The van der Waals surface area contributed by atoms with Crippen molar-refractivity contribution in [2.24, 2.45) is 11.7 Å². The van der Waals surface area contributed by atoms with E-state index in [-0.39, 0.29) is 17.8 Å². The van der Waals surface area contributed by atoms with Crippen LogP contribution in [0.2, 0.25) is 0 Å². The van der Waals surface area contributed by atoms with E-state index in [1.807, 2.05) is 4.90 Å². The first-order valence-corrected chi connectivity index (χ1v) is 7.03. The number of anilines is 1. The Kier molecular flexibility index (Phi) is 4.61. The van der Waals surface area contributed by atoms with E-state index in [0.29, 0.717) is 24.4 Å². The molecule has 0 spiro atoms. The summed E-state index contributed by atoms with van der Waals surface area (Å²) >= 11 is 5.01. The molecule has 3 nitrogen and oxygen atoms in total. The molecule has 21 heavy (non-hydrogen) atoms. The molecular weight excluding hydrogens is 301 g/mol. The van der Waals surface area contributed by atoms with Gasteiger partial charge in [-0.2, -0.15) is 13.2 Å². The van der Waals surface area contributed by atoms with Crippen LogP contribution >= 0.6 is 12.2 Å². The van der Waals surface area contributed by atoms with E-state index in [2.05, 4.69) is 0 Å². The van der Waals surface area contributed by atoms with Crippen LogP contribution in [0.5, 0.6) is 5.75 Å². The van der Waals surface area contributed by atoms with Gasteiger partial charge in [0.25, 0.3) is 0 Å². The molecule has 1 heterocycles. The molecule has 1 aromatic rings. The smallest absolute Gasteiger partial charge is 0.391 e. The number of benzene rings is 1. The number of halogens is 3. The zero-order valence-corrected chi connectivity index (χ0v) is 12.4. The van der Waals surface area contributed by atoms with E-state index in [1.165, 1.54) is 7.11 Å². The zero-order valence-electron chi connectivity index (χ0n) is 11.6. The highest BCUT2D eigenvalue weighted by Crippen LogP contribution is 2.36. The molecule has 0 aliphatic carbocycles. The Morgan fingerprint density at radius 2 is 1.95 bits per heavy atom. The molecule has 7 heteroatoms. The molecule has 1 aliphatic heterocycles. The summed E-state index contributed by atoms with van der Waals surface area (Å²) in [7, 11) is 1.54. The summed E-state index contributed by atoms with van der Waals surface area (Å²) in [5, 5.41) is 0. The highest BCUT2D eigenvalue weighted by molar-refractivity contribution is 7.80. The molecule has 1 aromatic carbocycles. The summed E-state index contributed by atoms with van der Waals surface area (Å²) < 4.78 is 43.3. The molecule has 1 aliphatic rings. The fourth-order valence-electron chi connectivity index (χ4n) is 2.56. The van der Waals surface area contributed by atoms with Crippen LogP contribution in [-0.2, 0) is 0 Å². The Bertz CT molecular complexity index is 525. The van der Waals surface area contributed by atoms with Crippen LogP contribution in [0, 0.1) is 5.92 Å². The van der Waals surface area contributed by atoms with Crippen LogP contribution in [0.15, 0.2) is 18.2 Å². The number of piperidine rings is 1. The monoisotopic (exact) mass is 318 g/mol. The first-order chi connectivity index (χ1) is 9.82. The standard InChI is InChI=1S/C14H17F3N2OS/c1-20-10-2-3-11(13(18)21)12(8-10)19-6-4-9(5-7-19)14(15,16)17/h2-3,8-9H,4-7H2,1H3,(H2,18,21). The number of ether oxygens (including phenoxy) is 1. The maximum atomic E-state index is 12.7. The maximum Gasteiger partial charge on any atom is 0.391 e. The lowest BCUT2D eigenvalue weighted by Gasteiger charge is -2.35. The summed E-state index contributed by atoms with van der Waals surface area (Å²) in [6, 6.07) is 5.25. The first-order valence-electron chi connectivity index (χ1n) is 6.62. The van der Waals surface area contributed by atoms with Gasteiger partial charge in [0.1, 0.15) is 10.7 Å². The molecule has 0 atom stereocenters. The largest absolute Gasteiger partial charge is 0.497 e. The van der Waals surface area contributed by atoms with Gasteiger partial charge in [0.15, 0.2) is 0 Å². The van der Waals surface area contributed by atoms with Crippen LogP contribution < -0.4 is 15.4 Å². The normalized spacial score (nSPS) is 16.9. The lowest BCUT2D eigenvalue weighted by molar-refractivity contribution is -0.179. The Labute approximate surface area is 126 Å². The number of thiocarbonyl (C=S) groups is 1. The highest BCUT2D eigenvalue weighted by Gasteiger charge is 2.41. The van der Waals surface area contributed by atoms with E-state index < -0.39 is 12.1 Å². The Balaban J connectivity index is 2.21. The second-order valence-corrected chi connectivity index (χ2v) is 5.49. The van der Waals surface area contributed by atoms with Gasteiger partial charge in [-0.1, -0.05) is 12.2 Å². The number of methoxy groups -OCH3 is 1. The van der Waals surface area contributed by atoms with Crippen LogP contribution in [-0.4, -0.2) is 31.4 Å². The molecule has 0 unspecified atom stereocenters. The Morgan fingerprint density at radius 3 is 2.43 bits per heavy atom. The van der Waals surface area contributed by atoms with E-state index in [0.717, 1.165) is 5.69 Å². The number of hydrogen-bond donors (Lipinski definition) is 1. The van der Waals surface area contributed by atoms with Gasteiger partial charge in [0.05, 0.1) is 18.7 Å². The summed E-state index contributed by atoms with van der Waals surface area (Å²) in [4.78, 5) is 2.12. The van der Waals surface area contributed by atoms with Crippen molar-refractivity contribution in [3.05, 3.63) is 23.8 Å². The minimum absolute atomic E-state index is 0.0808. The summed E-state index contributed by atoms with van der Waals surface area (Å²) in [5.41, 5.74) is 7.09. The van der Waals surface area contributed by atoms with Gasteiger partial charge in [0, 0.05) is 24.7 Å². The van der Waals surface area contributed by atoms with Crippen LogP contribution in [0.4, 0.5) is 18.9 Å². The first kappa shape index (κ1) is 15.9. The average Bonchev–Trinajstić information content (AvgIpc) is 2.45. The zero-order chi connectivity index (χ0) is 15.6. The van der Waals surface area contributed by atoms with Crippen LogP contribution in [0.25, 0.3) is 0 Å². The fraction of sp³-hybridized carbons (Fsp3) is 0.500. The molecule has 0 bridgehead atoms. The van der Waals surface area contributed by atoms with E-state index in [1.54, 1.807) is 18.2 Å². The minimum atomic E-state index is -4.12. The topological polar surface area (TPSA) is 38.5 Å². The second-order valence-electron chi connectivity index (χ2n) is 5.05. The van der Waals surface area contributed by atoms with Crippen molar-refractivity contribution in [3.8, 4) is 5.75 Å². The van der Waals surface area contributed by atoms with Gasteiger partial charge >= 0.3 is 6.18 Å². The van der Waals surface area contributed by atoms with Crippen LogP contribution in [0.1, 0.15) is 18.4 Å². The second kappa shape index (κ2) is 6.09. The van der Waals surface area contributed by atoms with Gasteiger partial charge in [-0.3, -0.25) is 0 Å². The van der Waals surface area contributed by atoms with Crippen molar-refractivity contribution in [2.45, 2.75) is 19.0 Å². The number of alkyl halides is 3.